The van der Waals surface area contributed by atoms with Crippen molar-refractivity contribution in [2.24, 2.45) is 5.92 Å². The summed E-state index contributed by atoms with van der Waals surface area (Å²) in [5, 5.41) is 4.16. The van der Waals surface area contributed by atoms with E-state index >= 15 is 0 Å². The predicted octanol–water partition coefficient (Wildman–Crippen LogP) is 3.14. The Labute approximate surface area is 199 Å². The molecule has 1 aromatic heterocycles. The molecule has 0 bridgehead atoms. The fourth-order valence-electron chi connectivity index (χ4n) is 4.33. The molecule has 2 N–H and O–H groups in total. The van der Waals surface area contributed by atoms with Crippen molar-refractivity contribution < 1.29 is 9.69 Å². The van der Waals surface area contributed by atoms with Crippen LogP contribution in [0.15, 0.2) is 58.5 Å². The standard InChI is InChI=1S/C26H32N4O2S/c1-19-8-10-21(11-9-19)27-24(31)18-33-26-28-23-7-4-3-6-22(23)25(32)30(26)15-5-14-29-16-12-20(2)13-17-29/h3-4,6-11,20H,5,12-18H2,1-2H3,(H,27,31)/p+1. The van der Waals surface area contributed by atoms with Gasteiger partial charge in [-0.15, -0.1) is 0 Å². The first-order chi connectivity index (χ1) is 16.0. The second-order valence-corrected chi connectivity index (χ2v) is 10.0. The molecular weight excluding hydrogens is 432 g/mol. The van der Waals surface area contributed by atoms with Crippen LogP contribution in [0.2, 0.25) is 0 Å². The van der Waals surface area contributed by atoms with Crippen molar-refractivity contribution >= 4 is 34.3 Å². The van der Waals surface area contributed by atoms with Gasteiger partial charge in [0.1, 0.15) is 0 Å². The largest absolute Gasteiger partial charge is 0.335 e. The Kier molecular flexibility index (Phi) is 7.83. The van der Waals surface area contributed by atoms with Crippen LogP contribution < -0.4 is 15.8 Å². The Balaban J connectivity index is 1.45. The van der Waals surface area contributed by atoms with E-state index in [-0.39, 0.29) is 17.2 Å². The van der Waals surface area contributed by atoms with Gasteiger partial charge in [0, 0.05) is 18.7 Å². The number of amides is 1. The van der Waals surface area contributed by atoms with Gasteiger partial charge in [-0.25, -0.2) is 4.98 Å². The van der Waals surface area contributed by atoms with Crippen LogP contribution >= 0.6 is 11.8 Å². The second-order valence-electron chi connectivity index (χ2n) is 9.11. The lowest BCUT2D eigenvalue weighted by Crippen LogP contribution is -3.13. The number of hydrogen-bond acceptors (Lipinski definition) is 4. The average Bonchev–Trinajstić information content (AvgIpc) is 2.82. The van der Waals surface area contributed by atoms with E-state index in [4.69, 9.17) is 4.98 Å². The van der Waals surface area contributed by atoms with Crippen LogP contribution in [-0.2, 0) is 11.3 Å². The van der Waals surface area contributed by atoms with Crippen molar-refractivity contribution in [1.82, 2.24) is 9.55 Å². The number of likely N-dealkylation sites (tertiary alicyclic amines) is 1. The minimum absolute atomic E-state index is 0.0238. The predicted molar refractivity (Wildman–Crippen MR) is 135 cm³/mol. The van der Waals surface area contributed by atoms with E-state index in [9.17, 15) is 9.59 Å². The van der Waals surface area contributed by atoms with Gasteiger partial charge >= 0.3 is 0 Å². The molecule has 174 valence electrons. The van der Waals surface area contributed by atoms with Gasteiger partial charge in [-0.1, -0.05) is 48.5 Å². The number of rotatable bonds is 8. The molecule has 6 nitrogen and oxygen atoms in total. The Bertz CT molecular complexity index is 1150. The molecule has 1 saturated heterocycles. The highest BCUT2D eigenvalue weighted by Crippen LogP contribution is 2.19. The number of benzene rings is 2. The van der Waals surface area contributed by atoms with Crippen LogP contribution in [0.3, 0.4) is 0 Å². The summed E-state index contributed by atoms with van der Waals surface area (Å²) in [4.78, 5) is 32.1. The number of quaternary nitrogens is 1. The summed E-state index contributed by atoms with van der Waals surface area (Å²) in [5.74, 6) is 0.924. The third-order valence-electron chi connectivity index (χ3n) is 6.39. The topological polar surface area (TPSA) is 68.4 Å². The van der Waals surface area contributed by atoms with Crippen LogP contribution in [0.5, 0.6) is 0 Å². The van der Waals surface area contributed by atoms with Gasteiger partial charge in [0.15, 0.2) is 5.16 Å². The zero-order valence-corrected chi connectivity index (χ0v) is 20.3. The van der Waals surface area contributed by atoms with E-state index in [2.05, 4.69) is 12.2 Å². The highest BCUT2D eigenvalue weighted by molar-refractivity contribution is 7.99. The minimum Gasteiger partial charge on any atom is -0.335 e. The summed E-state index contributed by atoms with van der Waals surface area (Å²) in [7, 11) is 0. The summed E-state index contributed by atoms with van der Waals surface area (Å²) >= 11 is 1.33. The quantitative estimate of drug-likeness (QED) is 0.396. The third kappa shape index (κ3) is 6.24. The van der Waals surface area contributed by atoms with Crippen molar-refractivity contribution in [2.45, 2.75) is 44.8 Å². The number of thioether (sulfide) groups is 1. The van der Waals surface area contributed by atoms with E-state index in [1.807, 2.05) is 55.5 Å². The Morgan fingerprint density at radius 3 is 2.64 bits per heavy atom. The smallest absolute Gasteiger partial charge is 0.262 e. The molecule has 33 heavy (non-hydrogen) atoms. The summed E-state index contributed by atoms with van der Waals surface area (Å²) in [5.41, 5.74) is 2.57. The van der Waals surface area contributed by atoms with Crippen LogP contribution in [0, 0.1) is 12.8 Å². The minimum atomic E-state index is -0.107. The maximum absolute atomic E-state index is 13.2. The molecule has 1 aliphatic heterocycles. The van der Waals surface area contributed by atoms with Gasteiger partial charge in [-0.05, 0) is 49.9 Å². The van der Waals surface area contributed by atoms with Crippen LogP contribution in [0.25, 0.3) is 10.9 Å². The number of nitrogens with zero attached hydrogens (tertiary/aromatic N) is 2. The fraction of sp³-hybridized carbons (Fsp3) is 0.423. The van der Waals surface area contributed by atoms with Gasteiger partial charge < -0.3 is 10.2 Å². The fourth-order valence-corrected chi connectivity index (χ4v) is 5.15. The molecule has 1 amide bonds. The third-order valence-corrected chi connectivity index (χ3v) is 7.36. The molecule has 1 aliphatic rings. The van der Waals surface area contributed by atoms with E-state index in [0.717, 1.165) is 30.1 Å². The number of carbonyl (C=O) groups excluding carboxylic acids is 1. The summed E-state index contributed by atoms with van der Waals surface area (Å²) in [6, 6.07) is 15.2. The molecule has 0 spiro atoms. The normalized spacial score (nSPS) is 18.4. The van der Waals surface area contributed by atoms with Crippen LogP contribution in [-0.4, -0.2) is 40.8 Å². The highest BCUT2D eigenvalue weighted by atomic mass is 32.2. The average molecular weight is 466 g/mol. The van der Waals surface area contributed by atoms with Gasteiger partial charge in [0.2, 0.25) is 5.91 Å². The number of hydrogen-bond donors (Lipinski definition) is 2. The number of aromatic nitrogens is 2. The number of fused-ring (bicyclic) bond motifs is 1. The lowest BCUT2D eigenvalue weighted by atomic mass is 9.99. The van der Waals surface area contributed by atoms with Crippen molar-refractivity contribution in [1.29, 1.82) is 0 Å². The van der Waals surface area contributed by atoms with E-state index in [1.165, 1.54) is 37.7 Å². The molecule has 0 saturated carbocycles. The second kappa shape index (κ2) is 11.0. The number of anilines is 1. The molecule has 2 heterocycles. The number of nitrogens with one attached hydrogen (secondary N) is 2. The zero-order valence-electron chi connectivity index (χ0n) is 19.5. The van der Waals surface area contributed by atoms with Crippen LogP contribution in [0.1, 0.15) is 31.7 Å². The summed E-state index contributed by atoms with van der Waals surface area (Å²) < 4.78 is 1.76. The Morgan fingerprint density at radius 2 is 1.88 bits per heavy atom. The van der Waals surface area contributed by atoms with E-state index in [1.54, 1.807) is 9.47 Å². The molecule has 0 atom stereocenters. The number of carbonyl (C=O) groups is 1. The van der Waals surface area contributed by atoms with Gasteiger partial charge in [-0.2, -0.15) is 0 Å². The molecule has 0 unspecified atom stereocenters. The lowest BCUT2D eigenvalue weighted by molar-refractivity contribution is -0.906. The Hall–Kier alpha value is -2.64. The van der Waals surface area contributed by atoms with E-state index in [0.29, 0.717) is 22.6 Å². The monoisotopic (exact) mass is 465 g/mol. The summed E-state index contributed by atoms with van der Waals surface area (Å²) in [6.45, 7) is 8.45. The van der Waals surface area contributed by atoms with Crippen molar-refractivity contribution in [2.75, 3.05) is 30.7 Å². The molecular formula is C26H33N4O2S+. The molecule has 0 aliphatic carbocycles. The maximum Gasteiger partial charge on any atom is 0.262 e. The van der Waals surface area contributed by atoms with Crippen molar-refractivity contribution in [3.05, 3.63) is 64.4 Å². The molecule has 7 heteroatoms. The zero-order chi connectivity index (χ0) is 23.2. The van der Waals surface area contributed by atoms with Gasteiger partial charge in [0.25, 0.3) is 5.56 Å². The highest BCUT2D eigenvalue weighted by Gasteiger charge is 2.19. The molecule has 1 fully saturated rings. The van der Waals surface area contributed by atoms with Gasteiger partial charge in [0.05, 0.1) is 36.3 Å². The molecule has 0 radical (unpaired) electrons. The van der Waals surface area contributed by atoms with E-state index < -0.39 is 0 Å². The number of para-hydroxylation sites is 1. The van der Waals surface area contributed by atoms with Crippen molar-refractivity contribution in [3.63, 3.8) is 0 Å². The SMILES string of the molecule is Cc1ccc(NC(=O)CSc2nc3ccccc3c(=O)n2CCC[NH+]2CCC(C)CC2)cc1. The molecule has 3 aromatic rings. The van der Waals surface area contributed by atoms with Crippen LogP contribution in [0.4, 0.5) is 5.69 Å². The first-order valence-corrected chi connectivity index (χ1v) is 12.8. The first kappa shape index (κ1) is 23.5. The van der Waals surface area contributed by atoms with Gasteiger partial charge in [-0.3, -0.25) is 14.2 Å². The number of aryl methyl sites for hydroxylation is 1. The molecule has 2 aromatic carbocycles. The van der Waals surface area contributed by atoms with Crippen molar-refractivity contribution in [3.8, 4) is 0 Å². The number of piperidine rings is 1. The maximum atomic E-state index is 13.2. The summed E-state index contributed by atoms with van der Waals surface area (Å²) in [6.07, 6.45) is 3.49. The first-order valence-electron chi connectivity index (χ1n) is 11.8. The Morgan fingerprint density at radius 1 is 1.15 bits per heavy atom. The molecule has 4 rings (SSSR count). The lowest BCUT2D eigenvalue weighted by Gasteiger charge is -2.27.